The number of halogens is 1. The van der Waals surface area contributed by atoms with Gasteiger partial charge < -0.3 is 23.7 Å². The number of benzene rings is 2. The molecule has 4 heterocycles. The molecule has 1 N–H and O–H groups in total. The van der Waals surface area contributed by atoms with Gasteiger partial charge in [-0.05, 0) is 59.2 Å². The lowest BCUT2D eigenvalue weighted by atomic mass is 9.83. The molecule has 0 radical (unpaired) electrons. The van der Waals surface area contributed by atoms with E-state index in [1.807, 2.05) is 12.1 Å². The highest BCUT2D eigenvalue weighted by atomic mass is 19.1. The van der Waals surface area contributed by atoms with E-state index in [0.29, 0.717) is 35.4 Å². The number of hydrogen-bond donors (Lipinski definition) is 1. The fourth-order valence-electron chi connectivity index (χ4n) is 4.87. The predicted molar refractivity (Wildman–Crippen MR) is 123 cm³/mol. The predicted octanol–water partition coefficient (Wildman–Crippen LogP) is 4.81. The van der Waals surface area contributed by atoms with Crippen LogP contribution < -0.4 is 4.74 Å². The van der Waals surface area contributed by atoms with Crippen LogP contribution in [0.2, 0.25) is 0 Å². The number of aromatic nitrogens is 1. The Labute approximate surface area is 200 Å². The Morgan fingerprint density at radius 3 is 2.89 bits per heavy atom. The summed E-state index contributed by atoms with van der Waals surface area (Å²) in [5, 5.41) is 21.5. The van der Waals surface area contributed by atoms with E-state index in [1.54, 1.807) is 36.8 Å². The Morgan fingerprint density at radius 2 is 2.09 bits per heavy atom. The summed E-state index contributed by atoms with van der Waals surface area (Å²) < 4.78 is 36.8. The molecule has 7 nitrogen and oxygen atoms in total. The van der Waals surface area contributed by atoms with Crippen molar-refractivity contribution >= 4 is 10.9 Å². The van der Waals surface area contributed by atoms with Gasteiger partial charge >= 0.3 is 0 Å². The zero-order chi connectivity index (χ0) is 24.0. The Balaban J connectivity index is 1.26. The molecule has 2 aliphatic rings. The van der Waals surface area contributed by atoms with E-state index in [0.717, 1.165) is 16.5 Å². The summed E-state index contributed by atoms with van der Waals surface area (Å²) in [6.07, 6.45) is 3.13. The number of nitriles is 1. The third kappa shape index (κ3) is 4.15. The monoisotopic (exact) mass is 472 g/mol. The van der Waals surface area contributed by atoms with Crippen molar-refractivity contribution in [3.63, 3.8) is 0 Å². The lowest BCUT2D eigenvalue weighted by Crippen LogP contribution is -2.39. The molecular weight excluding hydrogens is 451 g/mol. The number of hydrogen-bond acceptors (Lipinski definition) is 7. The topological polar surface area (TPSA) is 97.7 Å². The minimum Gasteiger partial charge on any atom is -0.489 e. The first-order valence-electron chi connectivity index (χ1n) is 11.3. The van der Waals surface area contributed by atoms with Crippen LogP contribution in [0.15, 0.2) is 65.5 Å². The summed E-state index contributed by atoms with van der Waals surface area (Å²) in [6, 6.07) is 15.6. The molecule has 0 amide bonds. The van der Waals surface area contributed by atoms with Gasteiger partial charge in [-0.25, -0.2) is 9.37 Å². The molecule has 8 heteroatoms. The fourth-order valence-corrected chi connectivity index (χ4v) is 4.87. The van der Waals surface area contributed by atoms with Crippen molar-refractivity contribution in [3.05, 3.63) is 83.7 Å². The molecule has 176 valence electrons. The molecule has 2 saturated heterocycles. The minimum absolute atomic E-state index is 0.0960. The minimum atomic E-state index is -1.22. The highest BCUT2D eigenvalue weighted by Crippen LogP contribution is 2.41. The normalized spacial score (nSPS) is 23.3. The maximum Gasteiger partial charge on any atom is 0.161 e. The van der Waals surface area contributed by atoms with Crippen molar-refractivity contribution < 1.29 is 28.1 Å². The molecule has 3 atom stereocenters. The number of nitrogens with zero attached hydrogens (tertiary/aromatic N) is 2. The molecule has 35 heavy (non-hydrogen) atoms. The summed E-state index contributed by atoms with van der Waals surface area (Å²) in [5.41, 5.74) is 2.43. The van der Waals surface area contributed by atoms with E-state index < -0.39 is 17.7 Å². The standard InChI is InChI=1S/C27H21FN2O5/c28-19-6-16(5-18(7-19)27(31)10-22-15-34-26(11-27)35-22)13-33-21-1-2-23-24(17-3-4-32-14-17)8-20(12-29)30-25(23)9-21/h1-9,14,22,26,31H,10-11,13,15H2. The van der Waals surface area contributed by atoms with Crippen molar-refractivity contribution in [2.45, 2.75) is 37.4 Å². The van der Waals surface area contributed by atoms with Crippen LogP contribution in [0.1, 0.15) is 29.7 Å². The van der Waals surface area contributed by atoms with E-state index in [2.05, 4.69) is 11.1 Å². The van der Waals surface area contributed by atoms with Crippen LogP contribution in [-0.2, 0) is 21.7 Å². The van der Waals surface area contributed by atoms with Crippen molar-refractivity contribution in [3.8, 4) is 22.9 Å². The van der Waals surface area contributed by atoms with Gasteiger partial charge in [0.2, 0.25) is 0 Å². The molecule has 0 spiro atoms. The average molecular weight is 472 g/mol. The molecule has 2 aromatic carbocycles. The lowest BCUT2D eigenvalue weighted by Gasteiger charge is -2.35. The largest absolute Gasteiger partial charge is 0.489 e. The Bertz CT molecular complexity index is 1430. The third-order valence-corrected chi connectivity index (χ3v) is 6.51. The smallest absolute Gasteiger partial charge is 0.161 e. The Morgan fingerprint density at radius 1 is 1.17 bits per heavy atom. The Kier molecular flexibility index (Phi) is 5.26. The van der Waals surface area contributed by atoms with E-state index in [-0.39, 0.29) is 24.8 Å². The van der Waals surface area contributed by atoms with Gasteiger partial charge in [-0.3, -0.25) is 0 Å². The maximum absolute atomic E-state index is 14.5. The van der Waals surface area contributed by atoms with Gasteiger partial charge in [0.1, 0.15) is 29.9 Å². The SMILES string of the molecule is N#Cc1cc(-c2ccoc2)c2ccc(OCc3cc(F)cc(C4(O)CC5COC(C4)O5)c3)cc2n1. The second kappa shape index (κ2) is 8.47. The second-order valence-electron chi connectivity index (χ2n) is 8.96. The van der Waals surface area contributed by atoms with E-state index in [4.69, 9.17) is 18.6 Å². The molecular formula is C27H21FN2O5. The van der Waals surface area contributed by atoms with Gasteiger partial charge in [0.05, 0.1) is 36.4 Å². The van der Waals surface area contributed by atoms with Crippen LogP contribution in [0.25, 0.3) is 22.0 Å². The first-order valence-corrected chi connectivity index (χ1v) is 11.3. The summed E-state index contributed by atoms with van der Waals surface area (Å²) in [7, 11) is 0. The summed E-state index contributed by atoms with van der Waals surface area (Å²) in [5.74, 6) is 0.0816. The lowest BCUT2D eigenvalue weighted by molar-refractivity contribution is -0.159. The average Bonchev–Trinajstić information content (AvgIpc) is 3.51. The van der Waals surface area contributed by atoms with Crippen LogP contribution in [0, 0.1) is 17.1 Å². The van der Waals surface area contributed by atoms with Gasteiger partial charge in [0, 0.05) is 29.9 Å². The quantitative estimate of drug-likeness (QED) is 0.445. The summed E-state index contributed by atoms with van der Waals surface area (Å²) in [6.45, 7) is 0.531. The molecule has 4 aromatic rings. The number of ether oxygens (including phenoxy) is 3. The van der Waals surface area contributed by atoms with Crippen LogP contribution in [-0.4, -0.2) is 29.1 Å². The highest BCUT2D eigenvalue weighted by Gasteiger charge is 2.45. The first-order chi connectivity index (χ1) is 17.0. The number of fused-ring (bicyclic) bond motifs is 3. The first kappa shape index (κ1) is 21.7. The Hall–Kier alpha value is -3.77. The molecule has 2 aromatic heterocycles. The van der Waals surface area contributed by atoms with Gasteiger partial charge in [-0.15, -0.1) is 0 Å². The van der Waals surface area contributed by atoms with Crippen molar-refractivity contribution in [2.24, 2.45) is 0 Å². The molecule has 2 bridgehead atoms. The van der Waals surface area contributed by atoms with Crippen molar-refractivity contribution in [2.75, 3.05) is 6.61 Å². The number of aliphatic hydroxyl groups is 1. The van der Waals surface area contributed by atoms with Crippen LogP contribution >= 0.6 is 0 Å². The van der Waals surface area contributed by atoms with Crippen LogP contribution in [0.5, 0.6) is 5.75 Å². The number of rotatable bonds is 5. The van der Waals surface area contributed by atoms with E-state index in [1.165, 1.54) is 12.1 Å². The molecule has 6 rings (SSSR count). The van der Waals surface area contributed by atoms with Gasteiger partial charge in [-0.1, -0.05) is 0 Å². The molecule has 2 fully saturated rings. The van der Waals surface area contributed by atoms with E-state index in [9.17, 15) is 14.8 Å². The highest BCUT2D eigenvalue weighted by molar-refractivity contribution is 5.95. The molecule has 0 saturated carbocycles. The maximum atomic E-state index is 14.5. The van der Waals surface area contributed by atoms with E-state index >= 15 is 0 Å². The van der Waals surface area contributed by atoms with Crippen molar-refractivity contribution in [1.29, 1.82) is 5.26 Å². The summed E-state index contributed by atoms with van der Waals surface area (Å²) in [4.78, 5) is 4.41. The van der Waals surface area contributed by atoms with Crippen LogP contribution in [0.3, 0.4) is 0 Å². The number of furan rings is 1. The molecule has 3 unspecified atom stereocenters. The van der Waals surface area contributed by atoms with Gasteiger partial charge in [0.25, 0.3) is 0 Å². The number of pyridine rings is 1. The summed E-state index contributed by atoms with van der Waals surface area (Å²) >= 11 is 0. The van der Waals surface area contributed by atoms with Crippen LogP contribution in [0.4, 0.5) is 4.39 Å². The fraction of sp³-hybridized carbons (Fsp3) is 0.259. The molecule has 2 aliphatic heterocycles. The zero-order valence-corrected chi connectivity index (χ0v) is 18.6. The third-order valence-electron chi connectivity index (χ3n) is 6.51. The van der Waals surface area contributed by atoms with Gasteiger partial charge in [0.15, 0.2) is 6.29 Å². The second-order valence-corrected chi connectivity index (χ2v) is 8.96. The van der Waals surface area contributed by atoms with Crippen molar-refractivity contribution in [1.82, 2.24) is 4.98 Å². The molecule has 0 aliphatic carbocycles. The zero-order valence-electron chi connectivity index (χ0n) is 18.6. The van der Waals surface area contributed by atoms with Gasteiger partial charge in [-0.2, -0.15) is 5.26 Å².